The van der Waals surface area contributed by atoms with Gasteiger partial charge in [-0.2, -0.15) is 0 Å². The molecule has 0 saturated heterocycles. The minimum atomic E-state index is -0.872. The van der Waals surface area contributed by atoms with Crippen LogP contribution in [-0.2, 0) is 9.59 Å². The quantitative estimate of drug-likeness (QED) is 0.664. The lowest BCUT2D eigenvalue weighted by Crippen LogP contribution is -2.46. The number of hydrogen-bond donors (Lipinski definition) is 3. The van der Waals surface area contributed by atoms with E-state index in [1.165, 1.54) is 0 Å². The van der Waals surface area contributed by atoms with E-state index in [-0.39, 0.29) is 24.3 Å². The van der Waals surface area contributed by atoms with Crippen LogP contribution in [0.1, 0.15) is 20.3 Å². The van der Waals surface area contributed by atoms with E-state index in [4.69, 9.17) is 10.8 Å². The van der Waals surface area contributed by atoms with Crippen molar-refractivity contribution in [1.82, 2.24) is 4.90 Å². The van der Waals surface area contributed by atoms with Crippen LogP contribution in [0.2, 0.25) is 0 Å². The fourth-order valence-electron chi connectivity index (χ4n) is 2.21. The van der Waals surface area contributed by atoms with Gasteiger partial charge in [0.1, 0.15) is 0 Å². The van der Waals surface area contributed by atoms with Crippen LogP contribution in [0.5, 0.6) is 0 Å². The van der Waals surface area contributed by atoms with Crippen LogP contribution in [0.15, 0.2) is 24.3 Å². The Hall–Kier alpha value is -2.08. The van der Waals surface area contributed by atoms with Gasteiger partial charge >= 0.3 is 5.97 Å². The number of carbonyl (C=O) groups is 2. The van der Waals surface area contributed by atoms with Crippen LogP contribution in [0.4, 0.5) is 11.4 Å². The number of carboxylic acids is 1. The summed E-state index contributed by atoms with van der Waals surface area (Å²) in [6.07, 6.45) is 0.00880. The Kier molecular flexibility index (Phi) is 6.17. The number of aliphatic carboxylic acids is 1. The topological polar surface area (TPSA) is 95.7 Å². The number of carbonyl (C=O) groups excluding carboxylic acids is 1. The number of likely N-dealkylation sites (N-methyl/N-ethyl adjacent to an activating group) is 1. The summed E-state index contributed by atoms with van der Waals surface area (Å²) in [4.78, 5) is 24.8. The Labute approximate surface area is 124 Å². The minimum Gasteiger partial charge on any atom is -0.481 e. The molecule has 0 bridgehead atoms. The van der Waals surface area contributed by atoms with Gasteiger partial charge in [0.05, 0.1) is 12.5 Å². The van der Waals surface area contributed by atoms with E-state index >= 15 is 0 Å². The molecule has 1 atom stereocenters. The van der Waals surface area contributed by atoms with Gasteiger partial charge in [-0.3, -0.25) is 14.5 Å². The highest BCUT2D eigenvalue weighted by Gasteiger charge is 2.26. The largest absolute Gasteiger partial charge is 0.481 e. The Bertz CT molecular complexity index is 485. The first kappa shape index (κ1) is 17.0. The molecular formula is C15H23N3O3. The molecule has 1 aromatic carbocycles. The van der Waals surface area contributed by atoms with Crippen LogP contribution >= 0.6 is 0 Å². The smallest absolute Gasteiger partial charge is 0.304 e. The van der Waals surface area contributed by atoms with Gasteiger partial charge in [0.2, 0.25) is 5.91 Å². The number of hydrogen-bond acceptors (Lipinski definition) is 4. The first-order chi connectivity index (χ1) is 9.81. The number of anilines is 2. The summed E-state index contributed by atoms with van der Waals surface area (Å²) in [5.74, 6) is -0.955. The molecule has 116 valence electrons. The molecule has 4 N–H and O–H groups in total. The Balaban J connectivity index is 2.72. The third-order valence-electron chi connectivity index (χ3n) is 3.23. The van der Waals surface area contributed by atoms with Gasteiger partial charge in [-0.1, -0.05) is 13.8 Å². The molecule has 6 heteroatoms. The third-order valence-corrected chi connectivity index (χ3v) is 3.23. The molecule has 1 rings (SSSR count). The van der Waals surface area contributed by atoms with Crippen molar-refractivity contribution in [1.29, 1.82) is 0 Å². The Morgan fingerprint density at radius 2 is 1.86 bits per heavy atom. The molecule has 0 fully saturated rings. The average Bonchev–Trinajstić information content (AvgIpc) is 2.38. The van der Waals surface area contributed by atoms with Gasteiger partial charge in [0, 0.05) is 17.9 Å². The van der Waals surface area contributed by atoms with Crippen molar-refractivity contribution in [2.75, 3.05) is 24.6 Å². The monoisotopic (exact) mass is 293 g/mol. The van der Waals surface area contributed by atoms with Gasteiger partial charge in [-0.25, -0.2) is 0 Å². The maximum absolute atomic E-state index is 12.4. The summed E-state index contributed by atoms with van der Waals surface area (Å²) in [6.45, 7) is 4.20. The van der Waals surface area contributed by atoms with Crippen molar-refractivity contribution in [2.24, 2.45) is 5.92 Å². The van der Waals surface area contributed by atoms with Crippen molar-refractivity contribution >= 4 is 23.3 Å². The van der Waals surface area contributed by atoms with Gasteiger partial charge < -0.3 is 16.2 Å². The van der Waals surface area contributed by atoms with Gasteiger partial charge in [0.15, 0.2) is 0 Å². The molecule has 1 aromatic rings. The summed E-state index contributed by atoms with van der Waals surface area (Å²) >= 11 is 0. The van der Waals surface area contributed by atoms with Crippen molar-refractivity contribution in [3.8, 4) is 0 Å². The lowest BCUT2D eigenvalue weighted by atomic mass is 10.0. The summed E-state index contributed by atoms with van der Waals surface area (Å²) < 4.78 is 0. The molecule has 0 aromatic heterocycles. The predicted molar refractivity (Wildman–Crippen MR) is 83.0 cm³/mol. The van der Waals surface area contributed by atoms with E-state index in [1.54, 1.807) is 36.2 Å². The van der Waals surface area contributed by atoms with E-state index in [0.29, 0.717) is 17.9 Å². The van der Waals surface area contributed by atoms with Crippen LogP contribution in [0.25, 0.3) is 0 Å². The maximum atomic E-state index is 12.4. The van der Waals surface area contributed by atoms with Crippen LogP contribution in [-0.4, -0.2) is 41.5 Å². The number of amides is 1. The number of nitrogen functional groups attached to an aromatic ring is 1. The molecule has 1 amide bonds. The zero-order valence-electron chi connectivity index (χ0n) is 12.7. The molecule has 6 nitrogen and oxygen atoms in total. The Morgan fingerprint density at radius 1 is 1.29 bits per heavy atom. The van der Waals surface area contributed by atoms with Crippen molar-refractivity contribution in [3.63, 3.8) is 0 Å². The van der Waals surface area contributed by atoms with E-state index in [2.05, 4.69) is 5.32 Å². The van der Waals surface area contributed by atoms with Crippen LogP contribution in [0.3, 0.4) is 0 Å². The second kappa shape index (κ2) is 7.64. The first-order valence-electron chi connectivity index (χ1n) is 6.89. The molecule has 1 unspecified atom stereocenters. The van der Waals surface area contributed by atoms with Crippen molar-refractivity contribution < 1.29 is 14.7 Å². The number of benzene rings is 1. The molecule has 0 radical (unpaired) electrons. The summed E-state index contributed by atoms with van der Waals surface area (Å²) in [5.41, 5.74) is 6.91. The number of rotatable bonds is 7. The highest BCUT2D eigenvalue weighted by Crippen LogP contribution is 2.15. The normalized spacial score (nSPS) is 12.4. The molecule has 0 saturated carbocycles. The standard InChI is InChI=1S/C15H23N3O3/c1-10(2)14(18(3)9-8-13(19)20)15(21)17-12-6-4-11(16)5-7-12/h4-7,10,14H,8-9,16H2,1-3H3,(H,17,21)(H,19,20). The van der Waals surface area contributed by atoms with E-state index in [9.17, 15) is 9.59 Å². The number of nitrogens with one attached hydrogen (secondary N) is 1. The van der Waals surface area contributed by atoms with Gasteiger partial charge in [0.25, 0.3) is 0 Å². The third kappa shape index (κ3) is 5.43. The summed E-state index contributed by atoms with van der Waals surface area (Å²) in [6, 6.07) is 6.52. The van der Waals surface area contributed by atoms with E-state index in [0.717, 1.165) is 0 Å². The van der Waals surface area contributed by atoms with Gasteiger partial charge in [-0.15, -0.1) is 0 Å². The zero-order valence-corrected chi connectivity index (χ0v) is 12.7. The first-order valence-corrected chi connectivity index (χ1v) is 6.89. The van der Waals surface area contributed by atoms with E-state index < -0.39 is 5.97 Å². The van der Waals surface area contributed by atoms with Crippen LogP contribution in [0, 0.1) is 5.92 Å². The predicted octanol–water partition coefficient (Wildman–Crippen LogP) is 1.64. The summed E-state index contributed by atoms with van der Waals surface area (Å²) in [7, 11) is 1.76. The molecule has 0 heterocycles. The fraction of sp³-hybridized carbons (Fsp3) is 0.467. The lowest BCUT2D eigenvalue weighted by Gasteiger charge is -2.29. The minimum absolute atomic E-state index is 0.00880. The van der Waals surface area contributed by atoms with Gasteiger partial charge in [-0.05, 0) is 37.2 Å². The molecule has 0 aliphatic heterocycles. The number of nitrogens with zero attached hydrogens (tertiary/aromatic N) is 1. The molecular weight excluding hydrogens is 270 g/mol. The fourth-order valence-corrected chi connectivity index (χ4v) is 2.21. The second-order valence-electron chi connectivity index (χ2n) is 5.42. The zero-order chi connectivity index (χ0) is 16.0. The summed E-state index contributed by atoms with van der Waals surface area (Å²) in [5, 5.41) is 11.6. The number of carboxylic acid groups (broad SMARTS) is 1. The molecule has 21 heavy (non-hydrogen) atoms. The Morgan fingerprint density at radius 3 is 2.33 bits per heavy atom. The molecule has 0 spiro atoms. The average molecular weight is 293 g/mol. The molecule has 0 aliphatic rings. The van der Waals surface area contributed by atoms with E-state index in [1.807, 2.05) is 13.8 Å². The molecule has 0 aliphatic carbocycles. The maximum Gasteiger partial charge on any atom is 0.304 e. The SMILES string of the molecule is CC(C)C(C(=O)Nc1ccc(N)cc1)N(C)CCC(=O)O. The highest BCUT2D eigenvalue weighted by molar-refractivity contribution is 5.95. The van der Waals surface area contributed by atoms with Crippen molar-refractivity contribution in [3.05, 3.63) is 24.3 Å². The highest BCUT2D eigenvalue weighted by atomic mass is 16.4. The van der Waals surface area contributed by atoms with Crippen LogP contribution < -0.4 is 11.1 Å². The lowest BCUT2D eigenvalue weighted by molar-refractivity contribution is -0.138. The second-order valence-corrected chi connectivity index (χ2v) is 5.42. The number of nitrogens with two attached hydrogens (primary N) is 1. The van der Waals surface area contributed by atoms with Crippen molar-refractivity contribution in [2.45, 2.75) is 26.3 Å².